The third-order valence-corrected chi connectivity index (χ3v) is 5.65. The van der Waals surface area contributed by atoms with Crippen molar-refractivity contribution in [3.63, 3.8) is 0 Å². The molecule has 140 valence electrons. The Labute approximate surface area is 152 Å². The second-order valence-corrected chi connectivity index (χ2v) is 7.46. The second-order valence-electron chi connectivity index (χ2n) is 7.46. The molecular formula is C17H26N8O. The minimum atomic E-state index is 0.0146. The van der Waals surface area contributed by atoms with Crippen molar-refractivity contribution in [3.8, 4) is 0 Å². The van der Waals surface area contributed by atoms with E-state index in [1.165, 1.54) is 0 Å². The smallest absolute Gasteiger partial charge is 0.276 e. The minimum absolute atomic E-state index is 0.0146. The van der Waals surface area contributed by atoms with Gasteiger partial charge in [-0.05, 0) is 39.5 Å². The number of H-pyrrole nitrogens is 1. The van der Waals surface area contributed by atoms with E-state index in [0.717, 1.165) is 37.8 Å². The van der Waals surface area contributed by atoms with Gasteiger partial charge in [-0.25, -0.2) is 4.98 Å². The molecule has 0 spiro atoms. The van der Waals surface area contributed by atoms with Crippen LogP contribution < -0.4 is 0 Å². The fourth-order valence-corrected chi connectivity index (χ4v) is 4.14. The fraction of sp³-hybridized carbons (Fsp3) is 0.706. The van der Waals surface area contributed by atoms with E-state index in [9.17, 15) is 4.79 Å². The summed E-state index contributed by atoms with van der Waals surface area (Å²) in [7, 11) is 0. The van der Waals surface area contributed by atoms with Crippen molar-refractivity contribution in [2.24, 2.45) is 11.8 Å². The molecule has 4 heterocycles. The molecule has 4 rings (SSSR count). The van der Waals surface area contributed by atoms with Gasteiger partial charge in [0.25, 0.3) is 5.91 Å². The summed E-state index contributed by atoms with van der Waals surface area (Å²) in [5.74, 6) is 2.72. The van der Waals surface area contributed by atoms with Gasteiger partial charge in [0, 0.05) is 26.2 Å². The lowest BCUT2D eigenvalue weighted by Gasteiger charge is -2.24. The Kier molecular flexibility index (Phi) is 4.26. The molecule has 1 N–H and O–H groups in total. The summed E-state index contributed by atoms with van der Waals surface area (Å²) in [6, 6.07) is 0.196. The monoisotopic (exact) mass is 358 g/mol. The number of carbonyl (C=O) groups is 1. The summed E-state index contributed by atoms with van der Waals surface area (Å²) in [6.45, 7) is 12.1. The van der Waals surface area contributed by atoms with E-state index in [-0.39, 0.29) is 11.9 Å². The van der Waals surface area contributed by atoms with Gasteiger partial charge in [-0.2, -0.15) is 15.0 Å². The highest BCUT2D eigenvalue weighted by molar-refractivity contribution is 5.93. The molecule has 1 amide bonds. The van der Waals surface area contributed by atoms with Crippen molar-refractivity contribution in [1.29, 1.82) is 0 Å². The second kappa shape index (κ2) is 6.46. The number of likely N-dealkylation sites (tertiary alicyclic amines) is 2. The molecule has 2 aliphatic rings. The highest BCUT2D eigenvalue weighted by Gasteiger charge is 2.44. The average Bonchev–Trinajstić information content (AvgIpc) is 3.35. The fourth-order valence-electron chi connectivity index (χ4n) is 4.14. The third-order valence-electron chi connectivity index (χ3n) is 5.65. The molecule has 0 saturated carbocycles. The van der Waals surface area contributed by atoms with Crippen molar-refractivity contribution >= 4 is 5.91 Å². The van der Waals surface area contributed by atoms with Crippen molar-refractivity contribution in [2.45, 2.75) is 40.3 Å². The Morgan fingerprint density at radius 3 is 2.42 bits per heavy atom. The number of aromatic amines is 1. The number of amides is 1. The van der Waals surface area contributed by atoms with E-state index in [1.807, 2.05) is 25.7 Å². The Balaban J connectivity index is 1.40. The van der Waals surface area contributed by atoms with Gasteiger partial charge >= 0.3 is 0 Å². The summed E-state index contributed by atoms with van der Waals surface area (Å²) in [6.07, 6.45) is 0. The Morgan fingerprint density at radius 1 is 1.19 bits per heavy atom. The first-order chi connectivity index (χ1) is 12.5. The predicted molar refractivity (Wildman–Crippen MR) is 94.4 cm³/mol. The van der Waals surface area contributed by atoms with Crippen LogP contribution >= 0.6 is 0 Å². The number of nitrogens with zero attached hydrogens (tertiary/aromatic N) is 7. The van der Waals surface area contributed by atoms with E-state index in [2.05, 4.69) is 37.2 Å². The molecule has 2 aromatic heterocycles. The van der Waals surface area contributed by atoms with Crippen LogP contribution in [-0.2, 0) is 6.54 Å². The van der Waals surface area contributed by atoms with Crippen molar-refractivity contribution in [3.05, 3.63) is 23.0 Å². The number of fused-ring (bicyclic) bond motifs is 1. The van der Waals surface area contributed by atoms with Crippen LogP contribution in [0.4, 0.5) is 0 Å². The molecule has 9 nitrogen and oxygen atoms in total. The standard InChI is InChI=1S/C17H26N8O/c1-5-25-21-10(2)15(22-25)17(26)24-8-13-6-23(7-14(13)9-24)11(3)16-18-12(4)19-20-16/h11,13-14H,5-9H2,1-4H3,(H,18,19,20)/t11?,13-,14+. The molecule has 2 aliphatic heterocycles. The van der Waals surface area contributed by atoms with Crippen LogP contribution in [0.3, 0.4) is 0 Å². The summed E-state index contributed by atoms with van der Waals surface area (Å²) in [5, 5.41) is 15.9. The molecule has 2 aromatic rings. The van der Waals surface area contributed by atoms with Crippen LogP contribution in [0.2, 0.25) is 0 Å². The first kappa shape index (κ1) is 17.1. The number of hydrogen-bond acceptors (Lipinski definition) is 6. The zero-order valence-electron chi connectivity index (χ0n) is 15.8. The number of nitrogens with one attached hydrogen (secondary N) is 1. The molecule has 2 saturated heterocycles. The number of carbonyl (C=O) groups excluding carboxylic acids is 1. The maximum atomic E-state index is 12.8. The Bertz CT molecular complexity index is 798. The van der Waals surface area contributed by atoms with Crippen molar-refractivity contribution in [2.75, 3.05) is 26.2 Å². The zero-order valence-corrected chi connectivity index (χ0v) is 15.8. The van der Waals surface area contributed by atoms with Crippen LogP contribution in [0, 0.1) is 25.7 Å². The van der Waals surface area contributed by atoms with Gasteiger partial charge in [0.1, 0.15) is 5.82 Å². The minimum Gasteiger partial charge on any atom is -0.337 e. The largest absolute Gasteiger partial charge is 0.337 e. The van der Waals surface area contributed by atoms with Gasteiger partial charge in [-0.1, -0.05) is 0 Å². The summed E-state index contributed by atoms with van der Waals surface area (Å²) in [5.41, 5.74) is 1.21. The zero-order chi connectivity index (χ0) is 18.4. The molecule has 0 radical (unpaired) electrons. The van der Waals surface area contributed by atoms with E-state index in [1.54, 1.807) is 4.80 Å². The number of hydrogen-bond donors (Lipinski definition) is 1. The maximum absolute atomic E-state index is 12.8. The number of aryl methyl sites for hydroxylation is 3. The molecule has 1 unspecified atom stereocenters. The first-order valence-electron chi connectivity index (χ1n) is 9.30. The van der Waals surface area contributed by atoms with Gasteiger partial charge < -0.3 is 4.90 Å². The molecule has 3 atom stereocenters. The molecular weight excluding hydrogens is 332 g/mol. The highest BCUT2D eigenvalue weighted by Crippen LogP contribution is 2.35. The lowest BCUT2D eigenvalue weighted by Crippen LogP contribution is -2.34. The maximum Gasteiger partial charge on any atom is 0.276 e. The number of aromatic nitrogens is 6. The quantitative estimate of drug-likeness (QED) is 0.868. The van der Waals surface area contributed by atoms with E-state index >= 15 is 0 Å². The van der Waals surface area contributed by atoms with Gasteiger partial charge in [0.2, 0.25) is 0 Å². The lowest BCUT2D eigenvalue weighted by atomic mass is 10.0. The highest BCUT2D eigenvalue weighted by atomic mass is 16.2. The Hall–Kier alpha value is -2.29. The van der Waals surface area contributed by atoms with Crippen molar-refractivity contribution in [1.82, 2.24) is 40.0 Å². The van der Waals surface area contributed by atoms with Crippen LogP contribution in [-0.4, -0.2) is 72.1 Å². The van der Waals surface area contributed by atoms with Gasteiger partial charge in [-0.15, -0.1) is 5.10 Å². The number of rotatable bonds is 4. The summed E-state index contributed by atoms with van der Waals surface area (Å²) in [4.78, 5) is 23.3. The SMILES string of the molecule is CCn1nc(C)c(C(=O)N2C[C@@H]3CN(C(C)c4n[nH]c(C)n4)C[C@@H]3C2)n1. The predicted octanol–water partition coefficient (Wildman–Crippen LogP) is 0.798. The lowest BCUT2D eigenvalue weighted by molar-refractivity contribution is 0.0762. The molecule has 0 bridgehead atoms. The van der Waals surface area contributed by atoms with E-state index in [0.29, 0.717) is 29.8 Å². The first-order valence-corrected chi connectivity index (χ1v) is 9.30. The summed E-state index contributed by atoms with van der Waals surface area (Å²) < 4.78 is 0. The molecule has 2 fully saturated rings. The van der Waals surface area contributed by atoms with Gasteiger partial charge in [0.05, 0.1) is 18.3 Å². The van der Waals surface area contributed by atoms with Crippen molar-refractivity contribution < 1.29 is 4.79 Å². The van der Waals surface area contributed by atoms with E-state index < -0.39 is 0 Å². The van der Waals surface area contributed by atoms with Gasteiger partial charge in [-0.3, -0.25) is 14.8 Å². The van der Waals surface area contributed by atoms with Crippen LogP contribution in [0.5, 0.6) is 0 Å². The molecule has 0 aromatic carbocycles. The van der Waals surface area contributed by atoms with Crippen LogP contribution in [0.1, 0.15) is 47.7 Å². The molecule has 9 heteroatoms. The van der Waals surface area contributed by atoms with E-state index in [4.69, 9.17) is 0 Å². The molecule has 26 heavy (non-hydrogen) atoms. The topological polar surface area (TPSA) is 95.8 Å². The van der Waals surface area contributed by atoms with Crippen LogP contribution in [0.15, 0.2) is 0 Å². The summed E-state index contributed by atoms with van der Waals surface area (Å²) >= 11 is 0. The Morgan fingerprint density at radius 2 is 1.88 bits per heavy atom. The normalized spacial score (nSPS) is 24.2. The molecule has 0 aliphatic carbocycles. The van der Waals surface area contributed by atoms with Gasteiger partial charge in [0.15, 0.2) is 11.5 Å². The third kappa shape index (κ3) is 2.90. The van der Waals surface area contributed by atoms with Crippen LogP contribution in [0.25, 0.3) is 0 Å². The average molecular weight is 358 g/mol.